The van der Waals surface area contributed by atoms with Crippen molar-refractivity contribution < 1.29 is 4.79 Å². The maximum absolute atomic E-state index is 11.0. The quantitative estimate of drug-likeness (QED) is 0.583. The molecule has 0 unspecified atom stereocenters. The van der Waals surface area contributed by atoms with E-state index < -0.39 is 0 Å². The Hall–Kier alpha value is -2.03. The molecule has 0 fully saturated rings. The molecule has 1 aliphatic rings. The largest absolute Gasteiger partial charge is 0.270 e. The molecule has 0 saturated heterocycles. The SMILES string of the molecule is O=C1C=c2cc3ncccc3cc2=N1. The molecule has 1 aromatic carbocycles. The first-order valence-electron chi connectivity index (χ1n) is 4.32. The molecule has 0 N–H and O–H groups in total. The smallest absolute Gasteiger partial charge is 0.267 e. The summed E-state index contributed by atoms with van der Waals surface area (Å²) in [6, 6.07) is 7.61. The van der Waals surface area contributed by atoms with E-state index in [0.717, 1.165) is 21.5 Å². The van der Waals surface area contributed by atoms with Crippen molar-refractivity contribution in [3.63, 3.8) is 0 Å². The monoisotopic (exact) mass is 182 g/mol. The molecule has 1 aliphatic heterocycles. The lowest BCUT2D eigenvalue weighted by Gasteiger charge is -1.93. The predicted octanol–water partition coefficient (Wildman–Crippen LogP) is 0.175. The van der Waals surface area contributed by atoms with Crippen molar-refractivity contribution >= 4 is 22.9 Å². The average Bonchev–Trinajstić information content (AvgIpc) is 2.53. The molecule has 3 rings (SSSR count). The Morgan fingerprint density at radius 1 is 1.21 bits per heavy atom. The maximum atomic E-state index is 11.0. The highest BCUT2D eigenvalue weighted by Crippen LogP contribution is 2.05. The summed E-state index contributed by atoms with van der Waals surface area (Å²) in [5.74, 6) is -0.185. The summed E-state index contributed by atoms with van der Waals surface area (Å²) in [5, 5.41) is 2.62. The summed E-state index contributed by atoms with van der Waals surface area (Å²) in [4.78, 5) is 19.1. The zero-order valence-electron chi connectivity index (χ0n) is 7.27. The van der Waals surface area contributed by atoms with Gasteiger partial charge in [0, 0.05) is 22.9 Å². The fourth-order valence-electron chi connectivity index (χ4n) is 1.62. The van der Waals surface area contributed by atoms with Gasteiger partial charge in [0.05, 0.1) is 10.9 Å². The van der Waals surface area contributed by atoms with Crippen molar-refractivity contribution in [2.75, 3.05) is 0 Å². The summed E-state index contributed by atoms with van der Waals surface area (Å²) >= 11 is 0. The molecule has 2 heterocycles. The topological polar surface area (TPSA) is 42.3 Å². The highest BCUT2D eigenvalue weighted by Gasteiger charge is 2.04. The van der Waals surface area contributed by atoms with Crippen LogP contribution in [0.25, 0.3) is 17.0 Å². The summed E-state index contributed by atoms with van der Waals surface area (Å²) in [5.41, 5.74) is 0.896. The van der Waals surface area contributed by atoms with E-state index in [2.05, 4.69) is 9.98 Å². The van der Waals surface area contributed by atoms with Gasteiger partial charge in [-0.2, -0.15) is 0 Å². The van der Waals surface area contributed by atoms with Gasteiger partial charge in [0.2, 0.25) is 0 Å². The highest BCUT2D eigenvalue weighted by atomic mass is 16.1. The first-order chi connectivity index (χ1) is 6.83. The Balaban J connectivity index is 2.56. The van der Waals surface area contributed by atoms with E-state index in [1.807, 2.05) is 24.3 Å². The third kappa shape index (κ3) is 0.956. The van der Waals surface area contributed by atoms with Crippen molar-refractivity contribution in [1.82, 2.24) is 4.98 Å². The van der Waals surface area contributed by atoms with Crippen LogP contribution in [0.1, 0.15) is 0 Å². The molecule has 3 heteroatoms. The number of nitrogens with zero attached hydrogens (tertiary/aromatic N) is 2. The van der Waals surface area contributed by atoms with E-state index in [1.165, 1.54) is 6.08 Å². The fraction of sp³-hybridized carbons (Fsp3) is 0. The van der Waals surface area contributed by atoms with Crippen molar-refractivity contribution in [3.05, 3.63) is 41.0 Å². The number of amides is 1. The second kappa shape index (κ2) is 2.48. The first kappa shape index (κ1) is 7.38. The minimum Gasteiger partial charge on any atom is -0.267 e. The Labute approximate surface area is 79.4 Å². The zero-order valence-corrected chi connectivity index (χ0v) is 7.27. The van der Waals surface area contributed by atoms with E-state index in [-0.39, 0.29) is 5.91 Å². The van der Waals surface area contributed by atoms with E-state index in [0.29, 0.717) is 0 Å². The van der Waals surface area contributed by atoms with Crippen LogP contribution in [0.4, 0.5) is 0 Å². The van der Waals surface area contributed by atoms with Gasteiger partial charge in [-0.3, -0.25) is 9.78 Å². The van der Waals surface area contributed by atoms with Gasteiger partial charge < -0.3 is 0 Å². The summed E-state index contributed by atoms with van der Waals surface area (Å²) < 4.78 is 0. The van der Waals surface area contributed by atoms with Crippen molar-refractivity contribution in [2.45, 2.75) is 0 Å². The molecule has 0 saturated carbocycles. The highest BCUT2D eigenvalue weighted by molar-refractivity contribution is 6.06. The van der Waals surface area contributed by atoms with Crippen LogP contribution in [0.2, 0.25) is 0 Å². The van der Waals surface area contributed by atoms with Crippen molar-refractivity contribution in [1.29, 1.82) is 0 Å². The van der Waals surface area contributed by atoms with Crippen LogP contribution in [0, 0.1) is 0 Å². The van der Waals surface area contributed by atoms with Gasteiger partial charge in [-0.15, -0.1) is 0 Å². The second-order valence-corrected chi connectivity index (χ2v) is 3.20. The van der Waals surface area contributed by atoms with Crippen LogP contribution >= 0.6 is 0 Å². The summed E-state index contributed by atoms with van der Waals surface area (Å²) in [7, 11) is 0. The van der Waals surface area contributed by atoms with Gasteiger partial charge in [-0.25, -0.2) is 4.99 Å². The Morgan fingerprint density at radius 3 is 3.07 bits per heavy atom. The van der Waals surface area contributed by atoms with Crippen LogP contribution in [-0.4, -0.2) is 10.9 Å². The van der Waals surface area contributed by atoms with E-state index in [4.69, 9.17) is 0 Å². The van der Waals surface area contributed by atoms with Crippen LogP contribution in [0.15, 0.2) is 35.5 Å². The average molecular weight is 182 g/mol. The number of hydrogen-bond acceptors (Lipinski definition) is 2. The van der Waals surface area contributed by atoms with Crippen molar-refractivity contribution in [2.24, 2.45) is 4.99 Å². The number of rotatable bonds is 0. The lowest BCUT2D eigenvalue weighted by molar-refractivity contribution is -0.112. The van der Waals surface area contributed by atoms with Crippen LogP contribution in [-0.2, 0) is 4.79 Å². The number of fused-ring (bicyclic) bond motifs is 2. The molecule has 66 valence electrons. The molecule has 1 aromatic heterocycles. The molecule has 3 nitrogen and oxygen atoms in total. The van der Waals surface area contributed by atoms with Crippen LogP contribution in [0.3, 0.4) is 0 Å². The summed E-state index contributed by atoms with van der Waals surface area (Å²) in [6.45, 7) is 0. The first-order valence-corrected chi connectivity index (χ1v) is 4.32. The number of benzene rings is 1. The van der Waals surface area contributed by atoms with Gasteiger partial charge in [0.1, 0.15) is 0 Å². The van der Waals surface area contributed by atoms with Crippen LogP contribution in [0.5, 0.6) is 0 Å². The van der Waals surface area contributed by atoms with Gasteiger partial charge in [0.15, 0.2) is 0 Å². The number of carbonyl (C=O) groups is 1. The molecule has 0 radical (unpaired) electrons. The minimum absolute atomic E-state index is 0.185. The Kier molecular flexibility index (Phi) is 1.31. The number of hydrogen-bond donors (Lipinski definition) is 0. The lowest BCUT2D eigenvalue weighted by Crippen LogP contribution is -2.20. The predicted molar refractivity (Wildman–Crippen MR) is 52.0 cm³/mol. The molecule has 0 spiro atoms. The normalized spacial score (nSPS) is 13.6. The fourth-order valence-corrected chi connectivity index (χ4v) is 1.62. The van der Waals surface area contributed by atoms with Gasteiger partial charge >= 0.3 is 0 Å². The van der Waals surface area contributed by atoms with Crippen molar-refractivity contribution in [3.8, 4) is 0 Å². The number of aromatic nitrogens is 1. The van der Waals surface area contributed by atoms with Crippen LogP contribution < -0.4 is 10.6 Å². The molecule has 0 aliphatic carbocycles. The molecule has 1 amide bonds. The van der Waals surface area contributed by atoms with Gasteiger partial charge in [-0.1, -0.05) is 6.07 Å². The molecule has 0 bridgehead atoms. The Morgan fingerprint density at radius 2 is 2.14 bits per heavy atom. The number of carbonyl (C=O) groups excluding carboxylic acids is 1. The molecular weight excluding hydrogens is 176 g/mol. The van der Waals surface area contributed by atoms with Gasteiger partial charge in [-0.05, 0) is 18.2 Å². The zero-order chi connectivity index (χ0) is 9.54. The molecule has 14 heavy (non-hydrogen) atoms. The molecule has 0 atom stereocenters. The number of pyridine rings is 1. The third-order valence-electron chi connectivity index (χ3n) is 2.26. The van der Waals surface area contributed by atoms with E-state index >= 15 is 0 Å². The third-order valence-corrected chi connectivity index (χ3v) is 2.26. The van der Waals surface area contributed by atoms with Gasteiger partial charge in [0.25, 0.3) is 5.91 Å². The van der Waals surface area contributed by atoms with E-state index in [1.54, 1.807) is 6.20 Å². The molecular formula is C11H6N2O. The van der Waals surface area contributed by atoms with E-state index in [9.17, 15) is 4.79 Å². The minimum atomic E-state index is -0.185. The standard InChI is InChI=1S/C11H6N2O/c14-11-6-8-5-9-7(2-1-3-12-9)4-10(8)13-11/h1-6H. The molecule has 2 aromatic rings. The lowest BCUT2D eigenvalue weighted by atomic mass is 10.2. The summed E-state index contributed by atoms with van der Waals surface area (Å²) in [6.07, 6.45) is 3.27. The Bertz CT molecular complexity index is 602. The maximum Gasteiger partial charge on any atom is 0.270 e. The second-order valence-electron chi connectivity index (χ2n) is 3.20.